The number of nitrogens with zero attached hydrogens (tertiary/aromatic N) is 4. The van der Waals surface area contributed by atoms with Crippen LogP contribution in [0.25, 0.3) is 11.4 Å². The number of likely N-dealkylation sites (N-methyl/N-ethyl adjacent to an activating group) is 1. The number of halogens is 3. The van der Waals surface area contributed by atoms with Crippen LogP contribution < -0.4 is 9.64 Å². The Morgan fingerprint density at radius 3 is 2.47 bits per heavy atom. The molecular formula is C23H23F3N4O2. The van der Waals surface area contributed by atoms with Crippen molar-refractivity contribution in [2.45, 2.75) is 31.5 Å². The largest absolute Gasteiger partial charge is 0.491 e. The predicted octanol–water partition coefficient (Wildman–Crippen LogP) is 3.92. The number of fused-ring (bicyclic) bond motifs is 1. The molecule has 0 saturated heterocycles. The van der Waals surface area contributed by atoms with Gasteiger partial charge in [0.25, 0.3) is 0 Å². The van der Waals surface area contributed by atoms with Crippen molar-refractivity contribution in [2.75, 3.05) is 25.1 Å². The normalized spacial score (nSPS) is 14.2. The number of aliphatic hydroxyl groups excluding tert-OH is 1. The van der Waals surface area contributed by atoms with Gasteiger partial charge in [0.15, 0.2) is 5.82 Å². The molecule has 2 aromatic heterocycles. The maximum absolute atomic E-state index is 12.7. The van der Waals surface area contributed by atoms with Gasteiger partial charge < -0.3 is 14.7 Å². The van der Waals surface area contributed by atoms with E-state index in [0.717, 1.165) is 54.0 Å². The molecule has 1 aromatic carbocycles. The second-order valence-electron chi connectivity index (χ2n) is 7.75. The monoisotopic (exact) mass is 444 g/mol. The maximum atomic E-state index is 12.7. The summed E-state index contributed by atoms with van der Waals surface area (Å²) in [4.78, 5) is 15.4. The third-order valence-corrected chi connectivity index (χ3v) is 5.32. The molecule has 0 radical (unpaired) electrons. The molecular weight excluding hydrogens is 421 g/mol. The number of hydrogen-bond acceptors (Lipinski definition) is 6. The van der Waals surface area contributed by atoms with Crippen LogP contribution in [0.2, 0.25) is 0 Å². The number of aryl methyl sites for hydroxylation is 1. The van der Waals surface area contributed by atoms with Crippen LogP contribution >= 0.6 is 0 Å². The van der Waals surface area contributed by atoms with Crippen LogP contribution in [0, 0.1) is 0 Å². The zero-order valence-corrected chi connectivity index (χ0v) is 17.5. The quantitative estimate of drug-likeness (QED) is 0.596. The van der Waals surface area contributed by atoms with Gasteiger partial charge in [-0.3, -0.25) is 4.98 Å². The number of alkyl halides is 3. The molecule has 3 aromatic rings. The average molecular weight is 444 g/mol. The third-order valence-electron chi connectivity index (χ3n) is 5.32. The molecule has 1 N–H and O–H groups in total. The summed E-state index contributed by atoms with van der Waals surface area (Å²) in [5, 5.41) is 10.5. The number of hydrogen-bond donors (Lipinski definition) is 1. The number of ether oxygens (including phenoxy) is 1. The van der Waals surface area contributed by atoms with Crippen molar-refractivity contribution in [3.05, 3.63) is 65.6 Å². The maximum Gasteiger partial charge on any atom is 0.416 e. The molecule has 0 spiro atoms. The Balaban J connectivity index is 1.43. The second-order valence-corrected chi connectivity index (χ2v) is 7.75. The zero-order chi connectivity index (χ0) is 22.7. The van der Waals surface area contributed by atoms with Crippen molar-refractivity contribution in [1.82, 2.24) is 15.0 Å². The van der Waals surface area contributed by atoms with Gasteiger partial charge in [-0.2, -0.15) is 13.2 Å². The molecule has 1 aliphatic rings. The molecule has 0 fully saturated rings. The van der Waals surface area contributed by atoms with E-state index < -0.39 is 17.8 Å². The Morgan fingerprint density at radius 1 is 1.06 bits per heavy atom. The smallest absolute Gasteiger partial charge is 0.416 e. The molecule has 32 heavy (non-hydrogen) atoms. The fraction of sp³-hybridized carbons (Fsp3) is 0.348. The highest BCUT2D eigenvalue weighted by Gasteiger charge is 2.30. The van der Waals surface area contributed by atoms with E-state index in [1.165, 1.54) is 12.1 Å². The summed E-state index contributed by atoms with van der Waals surface area (Å²) < 4.78 is 43.5. The van der Waals surface area contributed by atoms with Crippen LogP contribution in [0.15, 0.2) is 48.8 Å². The Hall–Kier alpha value is -3.20. The first kappa shape index (κ1) is 22.0. The number of rotatable bonds is 7. The lowest BCUT2D eigenvalue weighted by atomic mass is 10.2. The second kappa shape index (κ2) is 9.12. The van der Waals surface area contributed by atoms with Crippen molar-refractivity contribution in [3.8, 4) is 17.1 Å². The van der Waals surface area contributed by atoms with Gasteiger partial charge in [0.2, 0.25) is 0 Å². The van der Waals surface area contributed by atoms with Crippen LogP contribution in [-0.4, -0.2) is 46.4 Å². The van der Waals surface area contributed by atoms with E-state index in [4.69, 9.17) is 14.7 Å². The van der Waals surface area contributed by atoms with Crippen LogP contribution in [0.4, 0.5) is 19.0 Å². The summed E-state index contributed by atoms with van der Waals surface area (Å²) in [5.41, 5.74) is 2.23. The molecule has 0 amide bonds. The Labute approximate surface area is 183 Å². The van der Waals surface area contributed by atoms with Gasteiger partial charge in [-0.15, -0.1) is 0 Å². The highest BCUT2D eigenvalue weighted by atomic mass is 19.4. The van der Waals surface area contributed by atoms with Gasteiger partial charge in [0.1, 0.15) is 24.3 Å². The summed E-state index contributed by atoms with van der Waals surface area (Å²) in [6.45, 7) is 0.195. The van der Waals surface area contributed by atoms with E-state index in [-0.39, 0.29) is 18.9 Å². The lowest BCUT2D eigenvalue weighted by molar-refractivity contribution is -0.137. The average Bonchev–Trinajstić information content (AvgIpc) is 3.26. The van der Waals surface area contributed by atoms with Gasteiger partial charge >= 0.3 is 6.18 Å². The molecule has 168 valence electrons. The lowest BCUT2D eigenvalue weighted by Crippen LogP contribution is -2.34. The Bertz CT molecular complexity index is 1060. The van der Waals surface area contributed by atoms with Crippen molar-refractivity contribution in [2.24, 2.45) is 0 Å². The molecule has 9 heteroatoms. The highest BCUT2D eigenvalue weighted by Crippen LogP contribution is 2.32. The first-order valence-corrected chi connectivity index (χ1v) is 10.3. The summed E-state index contributed by atoms with van der Waals surface area (Å²) in [6, 6.07) is 8.12. The minimum atomic E-state index is -4.40. The van der Waals surface area contributed by atoms with Gasteiger partial charge in [0, 0.05) is 42.8 Å². The number of anilines is 1. The molecule has 0 aliphatic heterocycles. The summed E-state index contributed by atoms with van der Waals surface area (Å²) in [7, 11) is 1.85. The fourth-order valence-electron chi connectivity index (χ4n) is 3.75. The standard InChI is InChI=1S/C23H23F3N4O2/c1-30(13-17(31)14-32-18-7-5-16(6-8-18)23(24,25)26)22-19-3-2-4-20(19)28-21(29-22)15-9-11-27-12-10-15/h5-12,17,31H,2-4,13-14H2,1H3. The number of aromatic nitrogens is 3. The van der Waals surface area contributed by atoms with E-state index in [2.05, 4.69) is 4.98 Å². The fourth-order valence-corrected chi connectivity index (χ4v) is 3.75. The van der Waals surface area contributed by atoms with Gasteiger partial charge in [-0.05, 0) is 55.7 Å². The first-order valence-electron chi connectivity index (χ1n) is 10.3. The topological polar surface area (TPSA) is 71.4 Å². The summed E-state index contributed by atoms with van der Waals surface area (Å²) >= 11 is 0. The van der Waals surface area contributed by atoms with E-state index in [1.807, 2.05) is 24.1 Å². The van der Waals surface area contributed by atoms with Crippen LogP contribution in [0.1, 0.15) is 23.2 Å². The summed E-state index contributed by atoms with van der Waals surface area (Å²) in [6.07, 6.45) is 0.895. The summed E-state index contributed by atoms with van der Waals surface area (Å²) in [5.74, 6) is 1.65. The molecule has 4 rings (SSSR count). The van der Waals surface area contributed by atoms with Crippen molar-refractivity contribution >= 4 is 5.82 Å². The first-order chi connectivity index (χ1) is 15.3. The van der Waals surface area contributed by atoms with Crippen molar-refractivity contribution < 1.29 is 23.0 Å². The van der Waals surface area contributed by atoms with E-state index >= 15 is 0 Å². The molecule has 6 nitrogen and oxygen atoms in total. The van der Waals surface area contributed by atoms with Crippen molar-refractivity contribution in [3.63, 3.8) is 0 Å². The SMILES string of the molecule is CN(CC(O)COc1ccc(C(F)(F)F)cc1)c1nc(-c2ccncc2)nc2c1CCC2. The number of benzene rings is 1. The van der Waals surface area contributed by atoms with Gasteiger partial charge in [-0.1, -0.05) is 0 Å². The van der Waals surface area contributed by atoms with E-state index in [0.29, 0.717) is 5.82 Å². The van der Waals surface area contributed by atoms with Crippen LogP contribution in [0.3, 0.4) is 0 Å². The Kier molecular flexibility index (Phi) is 6.27. The minimum Gasteiger partial charge on any atom is -0.491 e. The molecule has 0 bridgehead atoms. The number of pyridine rings is 1. The van der Waals surface area contributed by atoms with E-state index in [1.54, 1.807) is 12.4 Å². The van der Waals surface area contributed by atoms with E-state index in [9.17, 15) is 18.3 Å². The molecule has 1 atom stereocenters. The van der Waals surface area contributed by atoms with Crippen LogP contribution in [0.5, 0.6) is 5.75 Å². The van der Waals surface area contributed by atoms with Gasteiger partial charge in [0.05, 0.1) is 5.56 Å². The zero-order valence-electron chi connectivity index (χ0n) is 17.5. The Morgan fingerprint density at radius 2 is 1.78 bits per heavy atom. The third kappa shape index (κ3) is 4.99. The number of aliphatic hydroxyl groups is 1. The van der Waals surface area contributed by atoms with Crippen LogP contribution in [-0.2, 0) is 19.0 Å². The molecule has 0 saturated carbocycles. The minimum absolute atomic E-state index is 0.0554. The molecule has 1 aliphatic carbocycles. The van der Waals surface area contributed by atoms with Gasteiger partial charge in [-0.25, -0.2) is 9.97 Å². The lowest BCUT2D eigenvalue weighted by Gasteiger charge is -2.24. The van der Waals surface area contributed by atoms with Crippen molar-refractivity contribution in [1.29, 1.82) is 0 Å². The molecule has 2 heterocycles. The highest BCUT2D eigenvalue weighted by molar-refractivity contribution is 5.61. The predicted molar refractivity (Wildman–Crippen MR) is 114 cm³/mol. The molecule has 1 unspecified atom stereocenters.